The molecule has 2 aromatic carbocycles. The molecule has 6 heteroatoms. The average Bonchev–Trinajstić information content (AvgIpc) is 2.79. The molecule has 0 atom stereocenters. The molecule has 1 aliphatic heterocycles. The quantitative estimate of drug-likeness (QED) is 0.725. The van der Waals surface area contributed by atoms with E-state index in [-0.39, 0.29) is 11.7 Å². The monoisotopic (exact) mass is 390 g/mol. The number of halogens is 1. The number of hydrogen-bond acceptors (Lipinski definition) is 4. The standard InChI is InChI=1S/C23H23FN4O/c24-20-6-8-21(9-7-20)27-10-12-28(13-11-27)22-14-19(16-25-17-22)23(29)26-15-18-4-2-1-3-5-18/h1-9,14,16-17H,10-13,15H2,(H,26,29). The van der Waals surface area contributed by atoms with Gasteiger partial charge in [-0.05, 0) is 35.9 Å². The molecule has 1 fully saturated rings. The van der Waals surface area contributed by atoms with Crippen LogP contribution < -0.4 is 15.1 Å². The number of hydrogen-bond donors (Lipinski definition) is 1. The Balaban J connectivity index is 1.36. The number of benzene rings is 2. The number of carbonyl (C=O) groups excluding carboxylic acids is 1. The molecular formula is C23H23FN4O. The lowest BCUT2D eigenvalue weighted by Crippen LogP contribution is -2.46. The van der Waals surface area contributed by atoms with Gasteiger partial charge in [-0.25, -0.2) is 4.39 Å². The second-order valence-electron chi connectivity index (χ2n) is 7.05. The summed E-state index contributed by atoms with van der Waals surface area (Å²) in [5, 5.41) is 2.94. The Morgan fingerprint density at radius 3 is 2.24 bits per heavy atom. The molecule has 0 bridgehead atoms. The average molecular weight is 390 g/mol. The highest BCUT2D eigenvalue weighted by atomic mass is 19.1. The normalized spacial score (nSPS) is 14.0. The fraction of sp³-hybridized carbons (Fsp3) is 0.217. The lowest BCUT2D eigenvalue weighted by atomic mass is 10.2. The Morgan fingerprint density at radius 2 is 1.55 bits per heavy atom. The predicted octanol–water partition coefficient (Wildman–Crippen LogP) is 3.48. The van der Waals surface area contributed by atoms with Crippen LogP contribution in [0.5, 0.6) is 0 Å². The first-order valence-corrected chi connectivity index (χ1v) is 9.72. The minimum absolute atomic E-state index is 0.131. The molecule has 1 N–H and O–H groups in total. The number of rotatable bonds is 5. The van der Waals surface area contributed by atoms with Gasteiger partial charge < -0.3 is 15.1 Å². The first kappa shape index (κ1) is 18.9. The minimum Gasteiger partial charge on any atom is -0.368 e. The Bertz CT molecular complexity index is 954. The molecule has 2 heterocycles. The van der Waals surface area contributed by atoms with E-state index in [9.17, 15) is 9.18 Å². The van der Waals surface area contributed by atoms with Crippen molar-refractivity contribution in [1.29, 1.82) is 0 Å². The summed E-state index contributed by atoms with van der Waals surface area (Å²) in [4.78, 5) is 21.2. The second kappa shape index (κ2) is 8.73. The molecule has 4 rings (SSSR count). The van der Waals surface area contributed by atoms with Crippen LogP contribution in [0.2, 0.25) is 0 Å². The maximum Gasteiger partial charge on any atom is 0.253 e. The van der Waals surface area contributed by atoms with Crippen LogP contribution in [0, 0.1) is 5.82 Å². The van der Waals surface area contributed by atoms with Gasteiger partial charge in [0.25, 0.3) is 5.91 Å². The van der Waals surface area contributed by atoms with E-state index in [4.69, 9.17) is 0 Å². The highest BCUT2D eigenvalue weighted by Gasteiger charge is 2.19. The van der Waals surface area contributed by atoms with Gasteiger partial charge in [0.2, 0.25) is 0 Å². The van der Waals surface area contributed by atoms with E-state index in [1.807, 2.05) is 48.5 Å². The molecule has 0 saturated carbocycles. The number of amides is 1. The fourth-order valence-corrected chi connectivity index (χ4v) is 3.48. The van der Waals surface area contributed by atoms with E-state index in [1.54, 1.807) is 12.4 Å². The topological polar surface area (TPSA) is 48.5 Å². The molecule has 0 spiro atoms. The number of carbonyl (C=O) groups is 1. The molecule has 29 heavy (non-hydrogen) atoms. The second-order valence-corrected chi connectivity index (χ2v) is 7.05. The van der Waals surface area contributed by atoms with Crippen molar-refractivity contribution in [1.82, 2.24) is 10.3 Å². The summed E-state index contributed by atoms with van der Waals surface area (Å²) in [6.07, 6.45) is 3.39. The van der Waals surface area contributed by atoms with Crippen molar-refractivity contribution in [3.8, 4) is 0 Å². The van der Waals surface area contributed by atoms with Crippen LogP contribution in [0.25, 0.3) is 0 Å². The molecule has 1 saturated heterocycles. The molecule has 3 aromatic rings. The van der Waals surface area contributed by atoms with Crippen molar-refractivity contribution in [2.75, 3.05) is 36.0 Å². The summed E-state index contributed by atoms with van der Waals surface area (Å²) in [6.45, 7) is 3.77. The van der Waals surface area contributed by atoms with Crippen LogP contribution in [0.1, 0.15) is 15.9 Å². The highest BCUT2D eigenvalue weighted by Crippen LogP contribution is 2.21. The number of nitrogens with zero attached hydrogens (tertiary/aromatic N) is 3. The van der Waals surface area contributed by atoms with Crippen LogP contribution in [0.3, 0.4) is 0 Å². The third kappa shape index (κ3) is 4.71. The number of piperazine rings is 1. The molecule has 0 aliphatic carbocycles. The molecule has 0 radical (unpaired) electrons. The molecule has 1 aromatic heterocycles. The Labute approximate surface area is 169 Å². The molecule has 1 aliphatic rings. The van der Waals surface area contributed by atoms with Gasteiger partial charge >= 0.3 is 0 Å². The number of pyridine rings is 1. The Kier molecular flexibility index (Phi) is 5.70. The molecular weight excluding hydrogens is 367 g/mol. The van der Waals surface area contributed by atoms with E-state index in [0.717, 1.165) is 43.1 Å². The van der Waals surface area contributed by atoms with E-state index in [2.05, 4.69) is 20.1 Å². The molecule has 1 amide bonds. The van der Waals surface area contributed by atoms with Crippen molar-refractivity contribution in [2.24, 2.45) is 0 Å². The van der Waals surface area contributed by atoms with Gasteiger partial charge in [-0.2, -0.15) is 0 Å². The van der Waals surface area contributed by atoms with Crippen molar-refractivity contribution < 1.29 is 9.18 Å². The molecule has 0 unspecified atom stereocenters. The Morgan fingerprint density at radius 1 is 0.897 bits per heavy atom. The Hall–Kier alpha value is -3.41. The van der Waals surface area contributed by atoms with Crippen molar-refractivity contribution in [3.05, 3.63) is 90.0 Å². The summed E-state index contributed by atoms with van der Waals surface area (Å²) in [5.41, 5.74) is 3.58. The zero-order valence-corrected chi connectivity index (χ0v) is 16.1. The van der Waals surface area contributed by atoms with Crippen molar-refractivity contribution >= 4 is 17.3 Å². The van der Waals surface area contributed by atoms with E-state index < -0.39 is 0 Å². The highest BCUT2D eigenvalue weighted by molar-refractivity contribution is 5.94. The maximum atomic E-state index is 13.1. The number of aromatic nitrogens is 1. The van der Waals surface area contributed by atoms with Gasteiger partial charge in [-0.3, -0.25) is 9.78 Å². The van der Waals surface area contributed by atoms with Gasteiger partial charge in [-0.1, -0.05) is 30.3 Å². The maximum absolute atomic E-state index is 13.1. The lowest BCUT2D eigenvalue weighted by Gasteiger charge is -2.37. The van der Waals surface area contributed by atoms with Crippen LogP contribution in [0.15, 0.2) is 73.1 Å². The molecule has 5 nitrogen and oxygen atoms in total. The van der Waals surface area contributed by atoms with Crippen LogP contribution in [0.4, 0.5) is 15.8 Å². The van der Waals surface area contributed by atoms with Crippen molar-refractivity contribution in [2.45, 2.75) is 6.54 Å². The summed E-state index contributed by atoms with van der Waals surface area (Å²) in [6, 6.07) is 18.3. The van der Waals surface area contributed by atoms with Gasteiger partial charge in [-0.15, -0.1) is 0 Å². The fourth-order valence-electron chi connectivity index (χ4n) is 3.48. The zero-order valence-electron chi connectivity index (χ0n) is 16.1. The van der Waals surface area contributed by atoms with E-state index in [1.165, 1.54) is 12.1 Å². The number of nitrogens with one attached hydrogen (secondary N) is 1. The lowest BCUT2D eigenvalue weighted by molar-refractivity contribution is 0.0950. The summed E-state index contributed by atoms with van der Waals surface area (Å²) in [5.74, 6) is -0.353. The van der Waals surface area contributed by atoms with E-state index in [0.29, 0.717) is 12.1 Å². The minimum atomic E-state index is -0.221. The third-order valence-corrected chi connectivity index (χ3v) is 5.12. The largest absolute Gasteiger partial charge is 0.368 e. The van der Waals surface area contributed by atoms with Crippen LogP contribution in [-0.4, -0.2) is 37.1 Å². The third-order valence-electron chi connectivity index (χ3n) is 5.12. The smallest absolute Gasteiger partial charge is 0.253 e. The molecule has 148 valence electrons. The first-order chi connectivity index (χ1) is 14.2. The SMILES string of the molecule is O=C(NCc1ccccc1)c1cncc(N2CCN(c3ccc(F)cc3)CC2)c1. The zero-order chi connectivity index (χ0) is 20.1. The van der Waals surface area contributed by atoms with Gasteiger partial charge in [0, 0.05) is 44.6 Å². The van der Waals surface area contributed by atoms with E-state index >= 15 is 0 Å². The summed E-state index contributed by atoms with van der Waals surface area (Å²) < 4.78 is 13.1. The number of anilines is 2. The summed E-state index contributed by atoms with van der Waals surface area (Å²) in [7, 11) is 0. The van der Waals surface area contributed by atoms with Gasteiger partial charge in [0.15, 0.2) is 0 Å². The van der Waals surface area contributed by atoms with Gasteiger partial charge in [0.05, 0.1) is 17.4 Å². The van der Waals surface area contributed by atoms with Gasteiger partial charge in [0.1, 0.15) is 5.82 Å². The predicted molar refractivity (Wildman–Crippen MR) is 113 cm³/mol. The first-order valence-electron chi connectivity index (χ1n) is 9.72. The van der Waals surface area contributed by atoms with Crippen LogP contribution in [-0.2, 0) is 6.54 Å². The van der Waals surface area contributed by atoms with Crippen LogP contribution >= 0.6 is 0 Å². The summed E-state index contributed by atoms with van der Waals surface area (Å²) >= 11 is 0. The van der Waals surface area contributed by atoms with Crippen molar-refractivity contribution in [3.63, 3.8) is 0 Å².